The van der Waals surface area contributed by atoms with Crippen LogP contribution in [0.3, 0.4) is 0 Å². The molecule has 0 bridgehead atoms. The van der Waals surface area contributed by atoms with Gasteiger partial charge in [0.15, 0.2) is 12.6 Å². The van der Waals surface area contributed by atoms with Crippen molar-refractivity contribution in [3.63, 3.8) is 0 Å². The predicted molar refractivity (Wildman–Crippen MR) is 433 cm³/mol. The van der Waals surface area contributed by atoms with Gasteiger partial charge in [0.2, 0.25) is 5.91 Å². The molecule has 2 heterocycles. The van der Waals surface area contributed by atoms with Crippen LogP contribution in [0.5, 0.6) is 0 Å². The molecule has 0 radical (unpaired) electrons. The van der Waals surface area contributed by atoms with E-state index in [1.165, 1.54) is 283 Å². The van der Waals surface area contributed by atoms with Crippen LogP contribution in [0.2, 0.25) is 0 Å². The molecule has 0 aromatic rings. The molecule has 2 aliphatic rings. The Morgan fingerprint density at radius 3 is 1.02 bits per heavy atom. The van der Waals surface area contributed by atoms with E-state index in [1.807, 2.05) is 6.08 Å². The molecule has 14 nitrogen and oxygen atoms in total. The van der Waals surface area contributed by atoms with Crippen LogP contribution in [0, 0.1) is 0 Å². The number of carbonyl (C=O) groups is 1. The zero-order valence-electron chi connectivity index (χ0n) is 66.8. The Kier molecular flexibility index (Phi) is 68.3. The first-order valence-electron chi connectivity index (χ1n) is 43.8. The van der Waals surface area contributed by atoms with E-state index < -0.39 is 86.8 Å². The second-order valence-electron chi connectivity index (χ2n) is 30.6. The third-order valence-electron chi connectivity index (χ3n) is 21.1. The van der Waals surface area contributed by atoms with Crippen molar-refractivity contribution in [1.82, 2.24) is 5.32 Å². The highest BCUT2D eigenvalue weighted by Gasteiger charge is 2.51. The molecule has 2 saturated heterocycles. The zero-order valence-corrected chi connectivity index (χ0v) is 66.8. The van der Waals surface area contributed by atoms with Crippen molar-refractivity contribution in [1.29, 1.82) is 0 Å². The third kappa shape index (κ3) is 54.7. The minimum atomic E-state index is -1.79. The lowest BCUT2D eigenvalue weighted by Gasteiger charge is -2.46. The molecule has 0 aromatic heterocycles. The number of rotatable bonds is 74. The second-order valence-corrected chi connectivity index (χ2v) is 30.6. The molecular formula is C90H163NO13. The van der Waals surface area contributed by atoms with E-state index >= 15 is 0 Å². The van der Waals surface area contributed by atoms with E-state index in [0.29, 0.717) is 6.42 Å². The number of aliphatic hydroxyl groups is 8. The van der Waals surface area contributed by atoms with Gasteiger partial charge < -0.3 is 65.1 Å². The summed E-state index contributed by atoms with van der Waals surface area (Å²) in [6, 6.07) is -0.919. The SMILES string of the molecule is CC/C=C\C/C=C\C/C=C\C/C=C\C/C=C\C/C=C\CCCCCCCCCCCCCCCCCCCCCCC(=O)NC(COC1OC(CO)C(OC2OC(CO)C(O)C(O)C2O)C(O)C1O)C(O)/C=C/CCCCCCCCCCCCCCCCCCCCCCCCCCCCCCC. The van der Waals surface area contributed by atoms with Crippen molar-refractivity contribution in [2.75, 3.05) is 19.8 Å². The number of ether oxygens (including phenoxy) is 4. The monoisotopic (exact) mass is 1470 g/mol. The molecule has 2 aliphatic heterocycles. The fourth-order valence-corrected chi connectivity index (χ4v) is 14.2. The molecule has 0 spiro atoms. The molecule has 14 heteroatoms. The predicted octanol–water partition coefficient (Wildman–Crippen LogP) is 21.0. The van der Waals surface area contributed by atoms with Crippen molar-refractivity contribution >= 4 is 5.91 Å². The Labute approximate surface area is 637 Å². The van der Waals surface area contributed by atoms with E-state index in [4.69, 9.17) is 18.9 Å². The summed E-state index contributed by atoms with van der Waals surface area (Å²) in [7, 11) is 0. The van der Waals surface area contributed by atoms with Crippen molar-refractivity contribution in [2.45, 2.75) is 460 Å². The number of carbonyl (C=O) groups excluding carboxylic acids is 1. The van der Waals surface area contributed by atoms with Crippen molar-refractivity contribution < 1.29 is 64.6 Å². The quantitative estimate of drug-likeness (QED) is 0.0204. The number of hydrogen-bond acceptors (Lipinski definition) is 13. The van der Waals surface area contributed by atoms with Gasteiger partial charge in [-0.05, 0) is 70.6 Å². The Morgan fingerprint density at radius 1 is 0.356 bits per heavy atom. The lowest BCUT2D eigenvalue weighted by atomic mass is 9.97. The van der Waals surface area contributed by atoms with Crippen LogP contribution in [0.4, 0.5) is 0 Å². The summed E-state index contributed by atoms with van der Waals surface area (Å²) in [5.74, 6) is -0.233. The molecule has 0 saturated carbocycles. The zero-order chi connectivity index (χ0) is 75.1. The van der Waals surface area contributed by atoms with Gasteiger partial charge in [0, 0.05) is 6.42 Å². The van der Waals surface area contributed by atoms with Crippen LogP contribution in [-0.2, 0) is 23.7 Å². The van der Waals surface area contributed by atoms with Gasteiger partial charge in [0.1, 0.15) is 48.8 Å². The van der Waals surface area contributed by atoms with Crippen molar-refractivity contribution in [3.05, 3.63) is 85.1 Å². The number of aliphatic hydroxyl groups excluding tert-OH is 8. The molecule has 12 unspecified atom stereocenters. The molecule has 2 rings (SSSR count). The van der Waals surface area contributed by atoms with Gasteiger partial charge in [-0.3, -0.25) is 4.79 Å². The summed E-state index contributed by atoms with van der Waals surface area (Å²) in [6.07, 6.45) is 86.8. The minimum absolute atomic E-state index is 0.233. The molecule has 0 aliphatic carbocycles. The number of hydrogen-bond donors (Lipinski definition) is 9. The Morgan fingerprint density at radius 2 is 0.663 bits per heavy atom. The molecule has 0 aromatic carbocycles. The highest BCUT2D eigenvalue weighted by molar-refractivity contribution is 5.76. The molecule has 2 fully saturated rings. The molecule has 606 valence electrons. The minimum Gasteiger partial charge on any atom is -0.394 e. The highest BCUT2D eigenvalue weighted by Crippen LogP contribution is 2.30. The summed E-state index contributed by atoms with van der Waals surface area (Å²) < 4.78 is 23.0. The van der Waals surface area contributed by atoms with E-state index in [9.17, 15) is 45.6 Å². The van der Waals surface area contributed by atoms with Gasteiger partial charge in [0.05, 0.1) is 32.0 Å². The van der Waals surface area contributed by atoms with Gasteiger partial charge in [0.25, 0.3) is 0 Å². The highest BCUT2D eigenvalue weighted by atomic mass is 16.7. The van der Waals surface area contributed by atoms with Crippen molar-refractivity contribution in [2.24, 2.45) is 0 Å². The summed E-state index contributed by atoms with van der Waals surface area (Å²) >= 11 is 0. The van der Waals surface area contributed by atoms with Crippen LogP contribution < -0.4 is 5.32 Å². The fourth-order valence-electron chi connectivity index (χ4n) is 14.2. The normalized spacial score (nSPS) is 21.9. The fraction of sp³-hybridized carbons (Fsp3) is 0.833. The third-order valence-corrected chi connectivity index (χ3v) is 21.1. The Hall–Kier alpha value is -2.83. The van der Waals surface area contributed by atoms with E-state index in [0.717, 1.165) is 77.0 Å². The molecular weight excluding hydrogens is 1300 g/mol. The maximum absolute atomic E-state index is 13.4. The number of allylic oxidation sites excluding steroid dienone is 13. The van der Waals surface area contributed by atoms with Crippen LogP contribution >= 0.6 is 0 Å². The number of nitrogens with one attached hydrogen (secondary N) is 1. The van der Waals surface area contributed by atoms with E-state index in [2.05, 4.69) is 92.1 Å². The summed E-state index contributed by atoms with van der Waals surface area (Å²) in [4.78, 5) is 13.4. The number of unbranched alkanes of at least 4 members (excludes halogenated alkanes) is 49. The summed E-state index contributed by atoms with van der Waals surface area (Å²) in [6.45, 7) is 2.74. The van der Waals surface area contributed by atoms with Gasteiger partial charge in [-0.25, -0.2) is 0 Å². The standard InChI is InChI=1S/C90H163NO13/c1-3-5-7-9-11-13-15-17-19-21-23-25-27-29-31-33-35-36-37-38-39-40-41-42-44-46-48-50-52-54-56-58-60-62-64-66-68-70-72-74-82(95)91-78(77-101-89-87(100)85(98)88(81(76-93)103-89)104-90-86(99)84(97)83(96)80(75-92)102-90)79(94)73-71-69-67-65-63-61-59-57-55-53-51-49-47-45-43-34-32-30-28-26-24-22-20-18-16-14-12-10-8-6-4-2/h5,7,11,13,17,19,23,25,29,31,35-36,71,73,78-81,83-90,92-94,96-100H,3-4,6,8-10,12,14-16,18,20-22,24,26-28,30,32-34,37-70,72,74-77H2,1-2H3,(H,91,95)/b7-5-,13-11-,19-17-,25-23-,31-29-,36-35-,73-71+. The first kappa shape index (κ1) is 97.2. The average molecular weight is 1470 g/mol. The van der Waals surface area contributed by atoms with E-state index in [-0.39, 0.29) is 18.9 Å². The van der Waals surface area contributed by atoms with Crippen molar-refractivity contribution in [3.8, 4) is 0 Å². The second kappa shape index (κ2) is 73.0. The molecule has 12 atom stereocenters. The van der Waals surface area contributed by atoms with Crippen LogP contribution in [0.25, 0.3) is 0 Å². The van der Waals surface area contributed by atoms with E-state index in [1.54, 1.807) is 6.08 Å². The van der Waals surface area contributed by atoms with Crippen LogP contribution in [-0.4, -0.2) is 140 Å². The summed E-state index contributed by atoms with van der Waals surface area (Å²) in [5.41, 5.74) is 0. The van der Waals surface area contributed by atoms with Gasteiger partial charge >= 0.3 is 0 Å². The van der Waals surface area contributed by atoms with Gasteiger partial charge in [-0.2, -0.15) is 0 Å². The first-order valence-corrected chi connectivity index (χ1v) is 43.8. The Bertz CT molecular complexity index is 2080. The van der Waals surface area contributed by atoms with Gasteiger partial charge in [-0.15, -0.1) is 0 Å². The van der Waals surface area contributed by atoms with Crippen LogP contribution in [0.15, 0.2) is 85.1 Å². The lowest BCUT2D eigenvalue weighted by molar-refractivity contribution is -0.359. The molecule has 104 heavy (non-hydrogen) atoms. The lowest BCUT2D eigenvalue weighted by Crippen LogP contribution is -2.65. The maximum atomic E-state index is 13.4. The topological polar surface area (TPSA) is 228 Å². The van der Waals surface area contributed by atoms with Gasteiger partial charge in [-0.1, -0.05) is 394 Å². The largest absolute Gasteiger partial charge is 0.394 e. The Balaban J connectivity index is 1.57. The summed E-state index contributed by atoms with van der Waals surface area (Å²) in [5, 5.41) is 87.9. The molecule has 9 N–H and O–H groups in total. The van der Waals surface area contributed by atoms with Crippen LogP contribution in [0.1, 0.15) is 386 Å². The first-order chi connectivity index (χ1) is 51.1. The number of amides is 1. The maximum Gasteiger partial charge on any atom is 0.220 e. The molecule has 1 amide bonds. The smallest absolute Gasteiger partial charge is 0.220 e. The average Bonchev–Trinajstić information content (AvgIpc) is 0.791.